The second-order valence-electron chi connectivity index (χ2n) is 2.47. The first-order chi connectivity index (χ1) is 6.20. The van der Waals surface area contributed by atoms with E-state index in [1.165, 1.54) is 0 Å². The molecule has 0 saturated heterocycles. The van der Waals surface area contributed by atoms with Crippen LogP contribution in [0.1, 0.15) is 12.0 Å². The molecule has 0 aliphatic heterocycles. The Morgan fingerprint density at radius 2 is 2.46 bits per heavy atom. The maximum atomic E-state index is 10.4. The van der Waals surface area contributed by atoms with E-state index < -0.39 is 0 Å². The number of hydrogen-bond donors (Lipinski definition) is 1. The second-order valence-corrected chi connectivity index (χ2v) is 2.88. The predicted octanol–water partition coefficient (Wildman–Crippen LogP) is 1.62. The average Bonchev–Trinajstić information content (AvgIpc) is 2.08. The fraction of sp³-hybridized carbons (Fsp3) is 0.111. The Bertz CT molecular complexity index is 336. The quantitative estimate of drug-likeness (QED) is 0.799. The molecule has 1 aromatic rings. The van der Waals surface area contributed by atoms with Crippen LogP contribution in [0.4, 0.5) is 0 Å². The Hall–Kier alpha value is -1.35. The molecule has 3 nitrogen and oxygen atoms in total. The molecule has 1 heterocycles. The Labute approximate surface area is 81.2 Å². The highest BCUT2D eigenvalue weighted by Gasteiger charge is 1.94. The van der Waals surface area contributed by atoms with Gasteiger partial charge in [-0.2, -0.15) is 0 Å². The van der Waals surface area contributed by atoms with E-state index >= 15 is 0 Å². The van der Waals surface area contributed by atoms with E-state index in [1.807, 2.05) is 0 Å². The zero-order valence-corrected chi connectivity index (χ0v) is 7.66. The van der Waals surface area contributed by atoms with Crippen molar-refractivity contribution in [2.45, 2.75) is 6.42 Å². The van der Waals surface area contributed by atoms with Crippen molar-refractivity contribution >= 4 is 23.6 Å². The number of rotatable bonds is 3. The fourth-order valence-corrected chi connectivity index (χ4v) is 1.01. The van der Waals surface area contributed by atoms with Crippen molar-refractivity contribution in [2.24, 2.45) is 5.73 Å². The summed E-state index contributed by atoms with van der Waals surface area (Å²) in [5, 5.41) is 0.559. The monoisotopic (exact) mass is 196 g/mol. The van der Waals surface area contributed by atoms with Crippen molar-refractivity contribution in [3.05, 3.63) is 35.1 Å². The van der Waals surface area contributed by atoms with E-state index in [0.29, 0.717) is 5.02 Å². The van der Waals surface area contributed by atoms with E-state index in [9.17, 15) is 4.79 Å². The van der Waals surface area contributed by atoms with Crippen molar-refractivity contribution < 1.29 is 4.79 Å². The van der Waals surface area contributed by atoms with Gasteiger partial charge in [0.15, 0.2) is 0 Å². The molecule has 0 aliphatic rings. The average molecular weight is 197 g/mol. The van der Waals surface area contributed by atoms with Crippen LogP contribution in [-0.4, -0.2) is 10.9 Å². The van der Waals surface area contributed by atoms with Gasteiger partial charge in [0.05, 0.1) is 5.02 Å². The van der Waals surface area contributed by atoms with E-state index in [0.717, 1.165) is 5.56 Å². The molecule has 0 atom stereocenters. The normalized spacial score (nSPS) is 10.5. The lowest BCUT2D eigenvalue weighted by atomic mass is 10.2. The summed E-state index contributed by atoms with van der Waals surface area (Å²) in [6.45, 7) is 0. The Morgan fingerprint density at radius 1 is 1.69 bits per heavy atom. The molecule has 0 spiro atoms. The summed E-state index contributed by atoms with van der Waals surface area (Å²) in [7, 11) is 0. The molecule has 68 valence electrons. The predicted molar refractivity (Wildman–Crippen MR) is 52.1 cm³/mol. The maximum Gasteiger partial charge on any atom is 0.221 e. The lowest BCUT2D eigenvalue weighted by Crippen LogP contribution is -2.07. The van der Waals surface area contributed by atoms with Crippen LogP contribution in [0, 0.1) is 0 Å². The van der Waals surface area contributed by atoms with Gasteiger partial charge < -0.3 is 5.73 Å². The molecule has 4 heteroatoms. The smallest absolute Gasteiger partial charge is 0.221 e. The first-order valence-electron chi connectivity index (χ1n) is 3.74. The highest BCUT2D eigenvalue weighted by molar-refractivity contribution is 6.31. The van der Waals surface area contributed by atoms with Gasteiger partial charge in [0.25, 0.3) is 0 Å². The molecule has 2 N–H and O–H groups in total. The van der Waals surface area contributed by atoms with Crippen LogP contribution in [0.3, 0.4) is 0 Å². The van der Waals surface area contributed by atoms with Crippen LogP contribution in [0.5, 0.6) is 0 Å². The first kappa shape index (κ1) is 9.74. The summed E-state index contributed by atoms with van der Waals surface area (Å²) >= 11 is 5.81. The summed E-state index contributed by atoms with van der Waals surface area (Å²) in [4.78, 5) is 14.2. The van der Waals surface area contributed by atoms with Crippen molar-refractivity contribution in [1.82, 2.24) is 4.98 Å². The zero-order valence-electron chi connectivity index (χ0n) is 6.90. The highest BCUT2D eigenvalue weighted by atomic mass is 35.5. The minimum atomic E-state index is -0.360. The number of aromatic nitrogens is 1. The minimum Gasteiger partial charge on any atom is -0.369 e. The van der Waals surface area contributed by atoms with Gasteiger partial charge in [0.1, 0.15) is 0 Å². The van der Waals surface area contributed by atoms with Gasteiger partial charge in [0, 0.05) is 18.8 Å². The molecule has 0 aliphatic carbocycles. The topological polar surface area (TPSA) is 56.0 Å². The molecule has 0 radical (unpaired) electrons. The van der Waals surface area contributed by atoms with E-state index in [1.54, 1.807) is 30.6 Å². The molecule has 0 bridgehead atoms. The largest absolute Gasteiger partial charge is 0.369 e. The number of nitrogens with two attached hydrogens (primary N) is 1. The number of carbonyl (C=O) groups excluding carboxylic acids is 1. The summed E-state index contributed by atoms with van der Waals surface area (Å²) in [5.74, 6) is -0.360. The number of amides is 1. The molecule has 0 saturated carbocycles. The molecule has 1 aromatic heterocycles. The van der Waals surface area contributed by atoms with Crippen LogP contribution in [0.25, 0.3) is 6.08 Å². The Morgan fingerprint density at radius 3 is 3.08 bits per heavy atom. The van der Waals surface area contributed by atoms with Crippen LogP contribution < -0.4 is 5.73 Å². The molecule has 13 heavy (non-hydrogen) atoms. The molecule has 0 fully saturated rings. The molecule has 0 unspecified atom stereocenters. The third-order valence-electron chi connectivity index (χ3n) is 1.42. The van der Waals surface area contributed by atoms with Crippen molar-refractivity contribution in [1.29, 1.82) is 0 Å². The summed E-state index contributed by atoms with van der Waals surface area (Å²) in [6.07, 6.45) is 6.82. The number of halogens is 1. The number of primary amides is 1. The Kier molecular flexibility index (Phi) is 3.46. The fourth-order valence-electron chi connectivity index (χ4n) is 0.823. The lowest BCUT2D eigenvalue weighted by molar-refractivity contribution is -0.117. The standard InChI is InChI=1S/C9H9ClN2O/c10-8-6-12-5-4-7(8)2-1-3-9(11)13/h1-2,4-6H,3H2,(H2,11,13). The van der Waals surface area contributed by atoms with Crippen LogP contribution in [0.15, 0.2) is 24.5 Å². The molecular formula is C9H9ClN2O. The van der Waals surface area contributed by atoms with Crippen molar-refractivity contribution in [2.75, 3.05) is 0 Å². The minimum absolute atomic E-state index is 0.221. The second kappa shape index (κ2) is 4.62. The van der Waals surface area contributed by atoms with E-state index in [4.69, 9.17) is 17.3 Å². The van der Waals surface area contributed by atoms with Gasteiger partial charge in [-0.1, -0.05) is 23.8 Å². The van der Waals surface area contributed by atoms with E-state index in [2.05, 4.69) is 4.98 Å². The molecular weight excluding hydrogens is 188 g/mol. The summed E-state index contributed by atoms with van der Waals surface area (Å²) in [6, 6.07) is 1.76. The third-order valence-corrected chi connectivity index (χ3v) is 1.74. The first-order valence-corrected chi connectivity index (χ1v) is 4.12. The third kappa shape index (κ3) is 3.25. The maximum absolute atomic E-state index is 10.4. The number of nitrogens with zero attached hydrogens (tertiary/aromatic N) is 1. The molecule has 0 aromatic carbocycles. The van der Waals surface area contributed by atoms with Gasteiger partial charge in [-0.05, 0) is 11.6 Å². The van der Waals surface area contributed by atoms with E-state index in [-0.39, 0.29) is 12.3 Å². The van der Waals surface area contributed by atoms with Crippen LogP contribution >= 0.6 is 11.6 Å². The number of hydrogen-bond acceptors (Lipinski definition) is 2. The summed E-state index contributed by atoms with van der Waals surface area (Å²) < 4.78 is 0. The van der Waals surface area contributed by atoms with Crippen LogP contribution in [0.2, 0.25) is 5.02 Å². The lowest BCUT2D eigenvalue weighted by Gasteiger charge is -1.94. The summed E-state index contributed by atoms with van der Waals surface area (Å²) in [5.41, 5.74) is 5.79. The number of pyridine rings is 1. The molecule has 1 rings (SSSR count). The van der Waals surface area contributed by atoms with Gasteiger partial charge in [-0.3, -0.25) is 9.78 Å². The molecule has 1 amide bonds. The Balaban J connectivity index is 2.68. The van der Waals surface area contributed by atoms with Gasteiger partial charge in [-0.25, -0.2) is 0 Å². The SMILES string of the molecule is NC(=O)CC=Cc1ccncc1Cl. The van der Waals surface area contributed by atoms with Gasteiger partial charge in [0.2, 0.25) is 5.91 Å². The van der Waals surface area contributed by atoms with Gasteiger partial charge in [-0.15, -0.1) is 0 Å². The van der Waals surface area contributed by atoms with Crippen molar-refractivity contribution in [3.63, 3.8) is 0 Å². The van der Waals surface area contributed by atoms with Gasteiger partial charge >= 0.3 is 0 Å². The van der Waals surface area contributed by atoms with Crippen LogP contribution in [-0.2, 0) is 4.79 Å². The number of carbonyl (C=O) groups is 1. The highest BCUT2D eigenvalue weighted by Crippen LogP contribution is 2.14. The zero-order chi connectivity index (χ0) is 9.68. The van der Waals surface area contributed by atoms with Crippen molar-refractivity contribution in [3.8, 4) is 0 Å².